The minimum absolute atomic E-state index is 0.614. The fourth-order valence-corrected chi connectivity index (χ4v) is 2.68. The second kappa shape index (κ2) is 5.99. The summed E-state index contributed by atoms with van der Waals surface area (Å²) in [6, 6.07) is 1.37. The van der Waals surface area contributed by atoms with Crippen molar-refractivity contribution in [1.29, 1.82) is 0 Å². The number of ether oxygens (including phenoxy) is 1. The van der Waals surface area contributed by atoms with E-state index in [-0.39, 0.29) is 0 Å². The first-order valence-corrected chi connectivity index (χ1v) is 6.85. The van der Waals surface area contributed by atoms with Crippen molar-refractivity contribution in [2.24, 2.45) is 5.92 Å². The van der Waals surface area contributed by atoms with Crippen LogP contribution in [0.25, 0.3) is 0 Å². The van der Waals surface area contributed by atoms with Crippen LogP contribution >= 0.6 is 0 Å². The van der Waals surface area contributed by atoms with Crippen LogP contribution < -0.4 is 5.32 Å². The molecule has 1 heterocycles. The van der Waals surface area contributed by atoms with Crippen LogP contribution in [0.2, 0.25) is 0 Å². The topological polar surface area (TPSA) is 24.5 Å². The zero-order valence-electron chi connectivity index (χ0n) is 10.7. The Balaban J connectivity index is 1.67. The fourth-order valence-electron chi connectivity index (χ4n) is 2.68. The number of morpholine rings is 1. The quantitative estimate of drug-likeness (QED) is 0.742. The van der Waals surface area contributed by atoms with Crippen LogP contribution in [0.4, 0.5) is 0 Å². The van der Waals surface area contributed by atoms with E-state index in [0.29, 0.717) is 6.04 Å². The van der Waals surface area contributed by atoms with Gasteiger partial charge in [0, 0.05) is 31.7 Å². The predicted molar refractivity (Wildman–Crippen MR) is 66.7 cm³/mol. The Bertz CT molecular complexity index is 200. The highest BCUT2D eigenvalue weighted by Gasteiger charge is 2.30. The Labute approximate surface area is 99.5 Å². The summed E-state index contributed by atoms with van der Waals surface area (Å²) in [4.78, 5) is 2.51. The monoisotopic (exact) mass is 226 g/mol. The molecule has 0 bridgehead atoms. The van der Waals surface area contributed by atoms with Gasteiger partial charge in [-0.25, -0.2) is 0 Å². The molecule has 0 amide bonds. The summed E-state index contributed by atoms with van der Waals surface area (Å²) in [7, 11) is 0. The molecule has 1 aliphatic carbocycles. The molecule has 0 aromatic carbocycles. The molecule has 2 atom stereocenters. The van der Waals surface area contributed by atoms with Crippen molar-refractivity contribution in [3.8, 4) is 0 Å². The molecule has 0 radical (unpaired) electrons. The van der Waals surface area contributed by atoms with Crippen LogP contribution in [0.1, 0.15) is 33.1 Å². The predicted octanol–water partition coefficient (Wildman–Crippen LogP) is 1.49. The number of hydrogen-bond donors (Lipinski definition) is 1. The molecule has 1 saturated heterocycles. The van der Waals surface area contributed by atoms with E-state index in [1.54, 1.807) is 0 Å². The lowest BCUT2D eigenvalue weighted by molar-refractivity contribution is 0.0336. The lowest BCUT2D eigenvalue weighted by atomic mass is 10.1. The molecule has 2 rings (SSSR count). The summed E-state index contributed by atoms with van der Waals surface area (Å²) in [6.07, 6.45) is 4.16. The van der Waals surface area contributed by atoms with E-state index in [1.807, 2.05) is 0 Å². The molecule has 1 saturated carbocycles. The molecule has 1 N–H and O–H groups in total. The van der Waals surface area contributed by atoms with Crippen LogP contribution in [-0.2, 0) is 4.74 Å². The Kier molecular flexibility index (Phi) is 4.62. The molecule has 2 aliphatic rings. The molecule has 3 nitrogen and oxygen atoms in total. The third-order valence-electron chi connectivity index (χ3n) is 3.77. The van der Waals surface area contributed by atoms with Crippen molar-refractivity contribution < 1.29 is 4.74 Å². The maximum atomic E-state index is 5.37. The SMILES string of the molecule is CCC(NC(C)CN1CCOCC1)C1CC1. The van der Waals surface area contributed by atoms with E-state index in [0.717, 1.165) is 38.3 Å². The van der Waals surface area contributed by atoms with E-state index in [2.05, 4.69) is 24.1 Å². The first kappa shape index (κ1) is 12.3. The molecular formula is C13H26N2O. The first-order valence-electron chi connectivity index (χ1n) is 6.85. The Morgan fingerprint density at radius 2 is 2.00 bits per heavy atom. The third-order valence-corrected chi connectivity index (χ3v) is 3.77. The molecule has 94 valence electrons. The third kappa shape index (κ3) is 3.72. The summed E-state index contributed by atoms with van der Waals surface area (Å²) in [5, 5.41) is 3.79. The van der Waals surface area contributed by atoms with Gasteiger partial charge in [0.05, 0.1) is 13.2 Å². The standard InChI is InChI=1S/C13H26N2O/c1-3-13(12-4-5-12)14-11(2)10-15-6-8-16-9-7-15/h11-14H,3-10H2,1-2H3. The molecule has 1 aliphatic heterocycles. The van der Waals surface area contributed by atoms with Gasteiger partial charge in [0.2, 0.25) is 0 Å². The molecule has 3 heteroatoms. The van der Waals surface area contributed by atoms with Gasteiger partial charge >= 0.3 is 0 Å². The summed E-state index contributed by atoms with van der Waals surface area (Å²) < 4.78 is 5.37. The molecule has 0 aromatic rings. The van der Waals surface area contributed by atoms with Crippen molar-refractivity contribution in [3.05, 3.63) is 0 Å². The van der Waals surface area contributed by atoms with Crippen molar-refractivity contribution >= 4 is 0 Å². The van der Waals surface area contributed by atoms with Gasteiger partial charge in [0.1, 0.15) is 0 Å². The van der Waals surface area contributed by atoms with Gasteiger partial charge in [-0.3, -0.25) is 4.90 Å². The summed E-state index contributed by atoms with van der Waals surface area (Å²) in [5.74, 6) is 0.970. The average molecular weight is 226 g/mol. The van der Waals surface area contributed by atoms with E-state index in [9.17, 15) is 0 Å². The van der Waals surface area contributed by atoms with Crippen LogP contribution in [0.3, 0.4) is 0 Å². The van der Waals surface area contributed by atoms with Crippen molar-refractivity contribution in [3.63, 3.8) is 0 Å². The summed E-state index contributed by atoms with van der Waals surface area (Å²) in [5.41, 5.74) is 0. The minimum atomic E-state index is 0.614. The number of hydrogen-bond acceptors (Lipinski definition) is 3. The van der Waals surface area contributed by atoms with Gasteiger partial charge in [0.15, 0.2) is 0 Å². The zero-order chi connectivity index (χ0) is 11.4. The number of nitrogens with zero attached hydrogens (tertiary/aromatic N) is 1. The van der Waals surface area contributed by atoms with E-state index >= 15 is 0 Å². The highest BCUT2D eigenvalue weighted by Crippen LogP contribution is 2.34. The second-order valence-corrected chi connectivity index (χ2v) is 5.33. The van der Waals surface area contributed by atoms with E-state index < -0.39 is 0 Å². The number of nitrogens with one attached hydrogen (secondary N) is 1. The minimum Gasteiger partial charge on any atom is -0.379 e. The maximum absolute atomic E-state index is 5.37. The molecular weight excluding hydrogens is 200 g/mol. The van der Waals surface area contributed by atoms with Gasteiger partial charge in [-0.15, -0.1) is 0 Å². The summed E-state index contributed by atoms with van der Waals surface area (Å²) >= 11 is 0. The smallest absolute Gasteiger partial charge is 0.0594 e. The molecule has 16 heavy (non-hydrogen) atoms. The van der Waals surface area contributed by atoms with Gasteiger partial charge in [-0.2, -0.15) is 0 Å². The Morgan fingerprint density at radius 3 is 2.56 bits per heavy atom. The largest absolute Gasteiger partial charge is 0.379 e. The lowest BCUT2D eigenvalue weighted by Gasteiger charge is -2.31. The van der Waals surface area contributed by atoms with Crippen molar-refractivity contribution in [1.82, 2.24) is 10.2 Å². The maximum Gasteiger partial charge on any atom is 0.0594 e. The average Bonchev–Trinajstić information content (AvgIpc) is 3.11. The Morgan fingerprint density at radius 1 is 1.31 bits per heavy atom. The molecule has 0 spiro atoms. The van der Waals surface area contributed by atoms with Gasteiger partial charge < -0.3 is 10.1 Å². The van der Waals surface area contributed by atoms with Gasteiger partial charge in [-0.1, -0.05) is 6.92 Å². The van der Waals surface area contributed by atoms with Crippen LogP contribution in [0.15, 0.2) is 0 Å². The summed E-state index contributed by atoms with van der Waals surface area (Å²) in [6.45, 7) is 9.82. The van der Waals surface area contributed by atoms with E-state index in [4.69, 9.17) is 4.74 Å². The molecule has 2 unspecified atom stereocenters. The van der Waals surface area contributed by atoms with Gasteiger partial charge in [0.25, 0.3) is 0 Å². The zero-order valence-corrected chi connectivity index (χ0v) is 10.7. The van der Waals surface area contributed by atoms with Crippen LogP contribution in [0, 0.1) is 5.92 Å². The van der Waals surface area contributed by atoms with Gasteiger partial charge in [-0.05, 0) is 32.1 Å². The molecule has 2 fully saturated rings. The van der Waals surface area contributed by atoms with Crippen molar-refractivity contribution in [2.75, 3.05) is 32.8 Å². The fraction of sp³-hybridized carbons (Fsp3) is 1.00. The highest BCUT2D eigenvalue weighted by molar-refractivity contribution is 4.87. The number of rotatable bonds is 6. The Hall–Kier alpha value is -0.120. The van der Waals surface area contributed by atoms with Crippen molar-refractivity contribution in [2.45, 2.75) is 45.2 Å². The molecule has 0 aromatic heterocycles. The normalized spacial score (nSPS) is 26.6. The lowest BCUT2D eigenvalue weighted by Crippen LogP contribution is -2.47. The second-order valence-electron chi connectivity index (χ2n) is 5.33. The first-order chi connectivity index (χ1) is 7.79. The van der Waals surface area contributed by atoms with E-state index in [1.165, 1.54) is 25.8 Å². The van der Waals surface area contributed by atoms with Crippen LogP contribution in [-0.4, -0.2) is 49.8 Å². The van der Waals surface area contributed by atoms with Crippen LogP contribution in [0.5, 0.6) is 0 Å². The highest BCUT2D eigenvalue weighted by atomic mass is 16.5.